The van der Waals surface area contributed by atoms with Crippen molar-refractivity contribution in [2.45, 2.75) is 58.5 Å². The maximum absolute atomic E-state index is 6.10. The molecule has 1 aromatic rings. The van der Waals surface area contributed by atoms with Crippen molar-refractivity contribution in [2.24, 2.45) is 0 Å². The Kier molecular flexibility index (Phi) is 5.09. The second-order valence-corrected chi connectivity index (χ2v) is 6.70. The molecule has 0 N–H and O–H groups in total. The summed E-state index contributed by atoms with van der Waals surface area (Å²) in [5.74, 6) is 2.32. The second-order valence-electron chi connectivity index (χ2n) is 6.70. The fourth-order valence-electron chi connectivity index (χ4n) is 2.92. The topological polar surface area (TPSA) is 12.5 Å². The van der Waals surface area contributed by atoms with Gasteiger partial charge in [-0.25, -0.2) is 0 Å². The second kappa shape index (κ2) is 6.62. The van der Waals surface area contributed by atoms with E-state index in [1.54, 1.807) is 0 Å². The minimum atomic E-state index is 0.238. The summed E-state index contributed by atoms with van der Waals surface area (Å²) < 4.78 is 6.10. The quantitative estimate of drug-likeness (QED) is 0.807. The number of likely N-dealkylation sites (tertiary alicyclic amines) is 1. The Hall–Kier alpha value is -1.02. The van der Waals surface area contributed by atoms with Gasteiger partial charge in [-0.1, -0.05) is 26.0 Å². The standard InChI is InChI=1S/C18H29NO/c1-13(2)16-6-7-17(18(12-16)20-14(3)4)15-8-10-19(5)11-9-15/h6-7,12-15H,8-11H2,1-5H3. The van der Waals surface area contributed by atoms with E-state index in [1.807, 2.05) is 0 Å². The number of nitrogens with zero attached hydrogens (tertiary/aromatic N) is 1. The Bertz CT molecular complexity index is 431. The molecule has 0 saturated carbocycles. The molecule has 0 radical (unpaired) electrons. The van der Waals surface area contributed by atoms with Gasteiger partial charge in [-0.05, 0) is 75.9 Å². The maximum Gasteiger partial charge on any atom is 0.123 e. The maximum atomic E-state index is 6.10. The molecule has 0 aliphatic carbocycles. The van der Waals surface area contributed by atoms with E-state index in [0.717, 1.165) is 5.75 Å². The van der Waals surface area contributed by atoms with Gasteiger partial charge in [0.25, 0.3) is 0 Å². The third-order valence-electron chi connectivity index (χ3n) is 4.23. The minimum Gasteiger partial charge on any atom is -0.491 e. The normalized spacial score (nSPS) is 17.9. The zero-order valence-corrected chi connectivity index (χ0v) is 13.6. The molecule has 112 valence electrons. The molecule has 2 heteroatoms. The first kappa shape index (κ1) is 15.4. The van der Waals surface area contributed by atoms with E-state index in [-0.39, 0.29) is 6.10 Å². The Morgan fingerprint density at radius 3 is 2.30 bits per heavy atom. The van der Waals surface area contributed by atoms with E-state index in [0.29, 0.717) is 11.8 Å². The van der Waals surface area contributed by atoms with Crippen LogP contribution in [0.25, 0.3) is 0 Å². The Balaban J connectivity index is 2.26. The van der Waals surface area contributed by atoms with Crippen molar-refractivity contribution in [3.05, 3.63) is 29.3 Å². The summed E-state index contributed by atoms with van der Waals surface area (Å²) in [6, 6.07) is 6.85. The highest BCUT2D eigenvalue weighted by molar-refractivity contribution is 5.41. The van der Waals surface area contributed by atoms with Crippen molar-refractivity contribution < 1.29 is 4.74 Å². The van der Waals surface area contributed by atoms with Crippen molar-refractivity contribution in [1.82, 2.24) is 4.90 Å². The van der Waals surface area contributed by atoms with Crippen LogP contribution in [0.1, 0.15) is 63.5 Å². The van der Waals surface area contributed by atoms with Gasteiger partial charge in [-0.2, -0.15) is 0 Å². The SMILES string of the molecule is CC(C)Oc1cc(C(C)C)ccc1C1CCN(C)CC1. The van der Waals surface area contributed by atoms with Gasteiger partial charge < -0.3 is 9.64 Å². The first-order chi connectivity index (χ1) is 9.47. The summed E-state index contributed by atoms with van der Waals surface area (Å²) in [5.41, 5.74) is 2.79. The summed E-state index contributed by atoms with van der Waals surface area (Å²) in [4.78, 5) is 2.42. The van der Waals surface area contributed by atoms with Crippen LogP contribution in [0.4, 0.5) is 0 Å². The molecular formula is C18H29NO. The molecule has 0 atom stereocenters. The number of piperidine rings is 1. The van der Waals surface area contributed by atoms with E-state index in [2.05, 4.69) is 57.8 Å². The average molecular weight is 275 g/mol. The van der Waals surface area contributed by atoms with Gasteiger partial charge in [0.2, 0.25) is 0 Å². The van der Waals surface area contributed by atoms with E-state index >= 15 is 0 Å². The first-order valence-corrected chi connectivity index (χ1v) is 7.96. The van der Waals surface area contributed by atoms with Gasteiger partial charge >= 0.3 is 0 Å². The Morgan fingerprint density at radius 2 is 1.75 bits per heavy atom. The summed E-state index contributed by atoms with van der Waals surface area (Å²) >= 11 is 0. The summed E-state index contributed by atoms with van der Waals surface area (Å²) in [6.45, 7) is 11.1. The molecule has 20 heavy (non-hydrogen) atoms. The van der Waals surface area contributed by atoms with Crippen molar-refractivity contribution in [3.63, 3.8) is 0 Å². The molecule has 2 rings (SSSR count). The van der Waals surface area contributed by atoms with Gasteiger partial charge in [0.1, 0.15) is 5.75 Å². The van der Waals surface area contributed by atoms with Crippen molar-refractivity contribution in [3.8, 4) is 5.75 Å². The zero-order chi connectivity index (χ0) is 14.7. The van der Waals surface area contributed by atoms with Crippen LogP contribution in [0, 0.1) is 0 Å². The number of benzene rings is 1. The average Bonchev–Trinajstić information content (AvgIpc) is 2.39. The monoisotopic (exact) mass is 275 g/mol. The molecule has 1 aromatic carbocycles. The molecule has 0 bridgehead atoms. The third kappa shape index (κ3) is 3.76. The minimum absolute atomic E-state index is 0.238. The molecule has 1 saturated heterocycles. The van der Waals surface area contributed by atoms with Crippen LogP contribution >= 0.6 is 0 Å². The Labute approximate surface area is 124 Å². The van der Waals surface area contributed by atoms with Gasteiger partial charge in [0, 0.05) is 0 Å². The van der Waals surface area contributed by atoms with Crippen LogP contribution in [-0.2, 0) is 0 Å². The number of hydrogen-bond donors (Lipinski definition) is 0. The zero-order valence-electron chi connectivity index (χ0n) is 13.6. The number of ether oxygens (including phenoxy) is 1. The van der Waals surface area contributed by atoms with E-state index < -0.39 is 0 Å². The molecule has 0 unspecified atom stereocenters. The van der Waals surface area contributed by atoms with Crippen LogP contribution in [0.15, 0.2) is 18.2 Å². The highest BCUT2D eigenvalue weighted by Crippen LogP contribution is 2.36. The van der Waals surface area contributed by atoms with Crippen molar-refractivity contribution >= 4 is 0 Å². The van der Waals surface area contributed by atoms with Crippen LogP contribution < -0.4 is 4.74 Å². The summed E-state index contributed by atoms with van der Waals surface area (Å²) in [5, 5.41) is 0. The summed E-state index contributed by atoms with van der Waals surface area (Å²) in [7, 11) is 2.21. The molecule has 1 aliphatic heterocycles. The first-order valence-electron chi connectivity index (χ1n) is 7.96. The molecule has 1 fully saturated rings. The van der Waals surface area contributed by atoms with E-state index in [1.165, 1.54) is 37.1 Å². The molecule has 0 spiro atoms. The molecule has 1 heterocycles. The smallest absolute Gasteiger partial charge is 0.123 e. The molecule has 1 aliphatic rings. The van der Waals surface area contributed by atoms with Gasteiger partial charge in [0.15, 0.2) is 0 Å². The largest absolute Gasteiger partial charge is 0.491 e. The number of rotatable bonds is 4. The van der Waals surface area contributed by atoms with Gasteiger partial charge in [-0.3, -0.25) is 0 Å². The molecule has 0 amide bonds. The lowest BCUT2D eigenvalue weighted by atomic mass is 9.87. The van der Waals surface area contributed by atoms with Crippen LogP contribution in [0.5, 0.6) is 5.75 Å². The van der Waals surface area contributed by atoms with E-state index in [9.17, 15) is 0 Å². The highest BCUT2D eigenvalue weighted by atomic mass is 16.5. The lowest BCUT2D eigenvalue weighted by molar-refractivity contribution is 0.226. The van der Waals surface area contributed by atoms with Crippen LogP contribution in [-0.4, -0.2) is 31.1 Å². The van der Waals surface area contributed by atoms with E-state index in [4.69, 9.17) is 4.74 Å². The highest BCUT2D eigenvalue weighted by Gasteiger charge is 2.22. The fourth-order valence-corrected chi connectivity index (χ4v) is 2.92. The fraction of sp³-hybridized carbons (Fsp3) is 0.667. The lowest BCUT2D eigenvalue weighted by Gasteiger charge is -2.30. The van der Waals surface area contributed by atoms with Crippen molar-refractivity contribution in [2.75, 3.05) is 20.1 Å². The van der Waals surface area contributed by atoms with Crippen LogP contribution in [0.3, 0.4) is 0 Å². The van der Waals surface area contributed by atoms with Crippen molar-refractivity contribution in [1.29, 1.82) is 0 Å². The number of hydrogen-bond acceptors (Lipinski definition) is 2. The molecule has 2 nitrogen and oxygen atoms in total. The summed E-state index contributed by atoms with van der Waals surface area (Å²) in [6.07, 6.45) is 2.72. The van der Waals surface area contributed by atoms with Crippen LogP contribution in [0.2, 0.25) is 0 Å². The third-order valence-corrected chi connectivity index (χ3v) is 4.23. The predicted molar refractivity (Wildman–Crippen MR) is 85.8 cm³/mol. The Morgan fingerprint density at radius 1 is 1.10 bits per heavy atom. The molecule has 0 aromatic heterocycles. The predicted octanol–water partition coefficient (Wildman–Crippen LogP) is 4.41. The van der Waals surface area contributed by atoms with Gasteiger partial charge in [0.05, 0.1) is 6.10 Å². The molecular weight excluding hydrogens is 246 g/mol. The van der Waals surface area contributed by atoms with Gasteiger partial charge in [-0.15, -0.1) is 0 Å². The lowest BCUT2D eigenvalue weighted by Crippen LogP contribution is -2.29.